The molecule has 2 aromatic rings. The van der Waals surface area contributed by atoms with Gasteiger partial charge in [0.1, 0.15) is 5.82 Å². The highest BCUT2D eigenvalue weighted by atomic mass is 16.2. The molecule has 1 fully saturated rings. The summed E-state index contributed by atoms with van der Waals surface area (Å²) < 4.78 is 0. The van der Waals surface area contributed by atoms with Crippen molar-refractivity contribution >= 4 is 16.8 Å². The lowest BCUT2D eigenvalue weighted by Crippen LogP contribution is -2.41. The van der Waals surface area contributed by atoms with Crippen molar-refractivity contribution in [1.29, 1.82) is 0 Å². The fourth-order valence-corrected chi connectivity index (χ4v) is 3.61. The molecule has 0 spiro atoms. The van der Waals surface area contributed by atoms with Crippen molar-refractivity contribution in [3.8, 4) is 0 Å². The van der Waals surface area contributed by atoms with Gasteiger partial charge < -0.3 is 15.6 Å². The second-order valence-electron chi connectivity index (χ2n) is 7.51. The molecular weight excluding hydrogens is 340 g/mol. The lowest BCUT2D eigenvalue weighted by molar-refractivity contribution is -0.140. The van der Waals surface area contributed by atoms with E-state index in [1.807, 2.05) is 30.0 Å². The van der Waals surface area contributed by atoms with Crippen LogP contribution in [0.1, 0.15) is 63.7 Å². The molecule has 1 atom stereocenters. The smallest absolute Gasteiger partial charge is 0.258 e. The molecule has 1 saturated carbocycles. The third kappa shape index (κ3) is 4.56. The van der Waals surface area contributed by atoms with Gasteiger partial charge in [0, 0.05) is 12.5 Å². The summed E-state index contributed by atoms with van der Waals surface area (Å²) in [4.78, 5) is 34.9. The fourth-order valence-electron chi connectivity index (χ4n) is 3.61. The van der Waals surface area contributed by atoms with E-state index < -0.39 is 0 Å². The minimum atomic E-state index is -0.245. The first-order chi connectivity index (χ1) is 13.1. The second kappa shape index (κ2) is 9.13. The monoisotopic (exact) mass is 370 g/mol. The van der Waals surface area contributed by atoms with Gasteiger partial charge in [0.2, 0.25) is 5.91 Å². The first kappa shape index (κ1) is 19.5. The predicted octanol–water partition coefficient (Wildman–Crippen LogP) is 3.13. The van der Waals surface area contributed by atoms with Crippen LogP contribution in [0.5, 0.6) is 0 Å². The molecule has 6 nitrogen and oxygen atoms in total. The molecule has 1 amide bonds. The zero-order chi connectivity index (χ0) is 19.2. The molecule has 1 aliphatic rings. The number of nitrogens with zero attached hydrogens (tertiary/aromatic N) is 2. The number of amides is 1. The van der Waals surface area contributed by atoms with E-state index in [-0.39, 0.29) is 23.4 Å². The maximum absolute atomic E-state index is 13.0. The maximum atomic E-state index is 13.0. The molecule has 1 aromatic heterocycles. The number of H-pyrrole nitrogens is 1. The topological polar surface area (TPSA) is 92.1 Å². The molecule has 0 saturated heterocycles. The van der Waals surface area contributed by atoms with Crippen molar-refractivity contribution in [2.75, 3.05) is 13.1 Å². The number of carbonyl (C=O) groups excluding carboxylic acids is 1. The van der Waals surface area contributed by atoms with Crippen molar-refractivity contribution in [3.05, 3.63) is 40.4 Å². The molecule has 6 heteroatoms. The molecule has 0 radical (unpaired) electrons. The van der Waals surface area contributed by atoms with E-state index in [1.165, 1.54) is 0 Å². The Morgan fingerprint density at radius 3 is 2.70 bits per heavy atom. The number of fused-ring (bicyclic) bond motifs is 1. The molecular formula is C21H30N4O2. The number of aromatic amines is 1. The average Bonchev–Trinajstić information content (AvgIpc) is 2.62. The number of hydrogen-bond acceptors (Lipinski definition) is 4. The van der Waals surface area contributed by atoms with Gasteiger partial charge in [0.05, 0.1) is 16.9 Å². The third-order valence-corrected chi connectivity index (χ3v) is 5.59. The Kier molecular flexibility index (Phi) is 6.61. The van der Waals surface area contributed by atoms with E-state index >= 15 is 0 Å². The van der Waals surface area contributed by atoms with Crippen molar-refractivity contribution in [3.63, 3.8) is 0 Å². The zero-order valence-corrected chi connectivity index (χ0v) is 16.1. The van der Waals surface area contributed by atoms with E-state index in [9.17, 15) is 9.59 Å². The normalized spacial score (nSPS) is 15.5. The minimum Gasteiger partial charge on any atom is -0.333 e. The average molecular weight is 370 g/mol. The van der Waals surface area contributed by atoms with Gasteiger partial charge >= 0.3 is 0 Å². The Labute approximate surface area is 160 Å². The Bertz CT molecular complexity index is 828. The molecule has 0 bridgehead atoms. The number of para-hydroxylation sites is 1. The Morgan fingerprint density at radius 2 is 2.00 bits per heavy atom. The maximum Gasteiger partial charge on any atom is 0.258 e. The number of benzene rings is 1. The molecule has 3 rings (SSSR count). The number of nitrogens with two attached hydrogens (primary N) is 1. The van der Waals surface area contributed by atoms with E-state index in [0.29, 0.717) is 29.8 Å². The number of rotatable bonds is 9. The highest BCUT2D eigenvalue weighted by Gasteiger charge is 2.32. The van der Waals surface area contributed by atoms with E-state index in [2.05, 4.69) is 9.97 Å². The van der Waals surface area contributed by atoms with Gasteiger partial charge in [-0.25, -0.2) is 4.98 Å². The van der Waals surface area contributed by atoms with Gasteiger partial charge in [0.25, 0.3) is 5.56 Å². The van der Waals surface area contributed by atoms with Crippen LogP contribution in [0, 0.1) is 5.92 Å². The van der Waals surface area contributed by atoms with Crippen LogP contribution >= 0.6 is 0 Å². The van der Waals surface area contributed by atoms with Crippen LogP contribution < -0.4 is 11.3 Å². The number of nitrogens with one attached hydrogen (secondary N) is 1. The summed E-state index contributed by atoms with van der Waals surface area (Å²) in [6.07, 6.45) is 7.17. The molecule has 27 heavy (non-hydrogen) atoms. The number of carbonyl (C=O) groups is 1. The van der Waals surface area contributed by atoms with Crippen molar-refractivity contribution in [2.24, 2.45) is 11.7 Å². The lowest BCUT2D eigenvalue weighted by Gasteiger charge is -2.35. The number of hydrogen-bond donors (Lipinski definition) is 2. The number of aromatic nitrogens is 2. The first-order valence-corrected chi connectivity index (χ1v) is 10.1. The summed E-state index contributed by atoms with van der Waals surface area (Å²) in [5.74, 6) is 0.889. The van der Waals surface area contributed by atoms with Crippen LogP contribution in [0.3, 0.4) is 0 Å². The Morgan fingerprint density at radius 1 is 1.26 bits per heavy atom. The van der Waals surface area contributed by atoms with Gasteiger partial charge in [-0.2, -0.15) is 0 Å². The van der Waals surface area contributed by atoms with Crippen LogP contribution in [0.4, 0.5) is 0 Å². The van der Waals surface area contributed by atoms with Crippen molar-refractivity contribution < 1.29 is 4.79 Å². The number of unbranched alkanes of at least 4 members (excludes halogenated alkanes) is 3. The quantitative estimate of drug-likeness (QED) is 0.663. The van der Waals surface area contributed by atoms with Gasteiger partial charge in [-0.1, -0.05) is 31.4 Å². The van der Waals surface area contributed by atoms with Gasteiger partial charge in [-0.3, -0.25) is 9.59 Å². The van der Waals surface area contributed by atoms with E-state index in [0.717, 1.165) is 44.9 Å². The molecule has 3 N–H and O–H groups in total. The van der Waals surface area contributed by atoms with Crippen molar-refractivity contribution in [1.82, 2.24) is 14.9 Å². The summed E-state index contributed by atoms with van der Waals surface area (Å²) in [6.45, 7) is 3.37. The zero-order valence-electron chi connectivity index (χ0n) is 16.1. The first-order valence-electron chi connectivity index (χ1n) is 10.1. The SMILES string of the molecule is CC(c1nc2ccccc2c(=O)[nH]1)N(CCCCCCN)C(=O)C1CCC1. The molecule has 1 unspecified atom stereocenters. The highest BCUT2D eigenvalue weighted by Crippen LogP contribution is 2.31. The van der Waals surface area contributed by atoms with E-state index in [4.69, 9.17) is 5.73 Å². The summed E-state index contributed by atoms with van der Waals surface area (Å²) in [5.41, 5.74) is 6.08. The van der Waals surface area contributed by atoms with Crippen LogP contribution in [0.25, 0.3) is 10.9 Å². The molecule has 1 heterocycles. The van der Waals surface area contributed by atoms with Crippen LogP contribution in [0.2, 0.25) is 0 Å². The van der Waals surface area contributed by atoms with Crippen LogP contribution in [-0.2, 0) is 4.79 Å². The largest absolute Gasteiger partial charge is 0.333 e. The second-order valence-corrected chi connectivity index (χ2v) is 7.51. The standard InChI is InChI=1S/C21H30N4O2/c1-15(19-23-18-12-5-4-11-17(18)20(26)24-19)25(14-7-3-2-6-13-22)21(27)16-9-8-10-16/h4-5,11-12,15-16H,2-3,6-10,13-14,22H2,1H3,(H,23,24,26). The van der Waals surface area contributed by atoms with Gasteiger partial charge in [-0.15, -0.1) is 0 Å². The van der Waals surface area contributed by atoms with E-state index in [1.54, 1.807) is 6.07 Å². The molecule has 1 aromatic carbocycles. The van der Waals surface area contributed by atoms with Gasteiger partial charge in [-0.05, 0) is 51.3 Å². The lowest BCUT2D eigenvalue weighted by atomic mass is 9.84. The summed E-state index contributed by atoms with van der Waals surface area (Å²) in [6, 6.07) is 7.06. The molecule has 146 valence electrons. The third-order valence-electron chi connectivity index (χ3n) is 5.59. The summed E-state index contributed by atoms with van der Waals surface area (Å²) in [5, 5.41) is 0.576. The Hall–Kier alpha value is -2.21. The summed E-state index contributed by atoms with van der Waals surface area (Å²) >= 11 is 0. The van der Waals surface area contributed by atoms with Crippen LogP contribution in [-0.4, -0.2) is 33.9 Å². The van der Waals surface area contributed by atoms with Gasteiger partial charge in [0.15, 0.2) is 0 Å². The highest BCUT2D eigenvalue weighted by molar-refractivity contribution is 5.80. The fraction of sp³-hybridized carbons (Fsp3) is 0.571. The molecule has 0 aliphatic heterocycles. The van der Waals surface area contributed by atoms with Crippen molar-refractivity contribution in [2.45, 2.75) is 57.9 Å². The van der Waals surface area contributed by atoms with Crippen LogP contribution in [0.15, 0.2) is 29.1 Å². The summed E-state index contributed by atoms with van der Waals surface area (Å²) in [7, 11) is 0. The predicted molar refractivity (Wildman–Crippen MR) is 107 cm³/mol. The Balaban J connectivity index is 1.79. The molecule has 1 aliphatic carbocycles. The minimum absolute atomic E-state index is 0.128.